The largest absolute Gasteiger partial charge is 0.263 e. The second kappa shape index (κ2) is 6.18. The van der Waals surface area contributed by atoms with E-state index in [1.54, 1.807) is 0 Å². The van der Waals surface area contributed by atoms with Gasteiger partial charge in [-0.1, -0.05) is 56.5 Å². The van der Waals surface area contributed by atoms with Crippen molar-refractivity contribution in [1.82, 2.24) is 15.2 Å². The number of nitrogens with zero attached hydrogens (tertiary/aromatic N) is 2. The zero-order valence-corrected chi connectivity index (χ0v) is 10.3. The molecule has 0 aliphatic rings. The first-order chi connectivity index (χ1) is 8.40. The van der Waals surface area contributed by atoms with Crippen LogP contribution in [0.25, 0.3) is 11.4 Å². The van der Waals surface area contributed by atoms with Crippen LogP contribution in [0, 0.1) is 0 Å². The van der Waals surface area contributed by atoms with Gasteiger partial charge >= 0.3 is 0 Å². The van der Waals surface area contributed by atoms with Gasteiger partial charge in [0.15, 0.2) is 5.82 Å². The Morgan fingerprint density at radius 3 is 2.65 bits per heavy atom. The third-order valence-electron chi connectivity index (χ3n) is 2.83. The van der Waals surface area contributed by atoms with Crippen LogP contribution in [0.4, 0.5) is 0 Å². The Kier molecular flexibility index (Phi) is 4.30. The molecule has 3 nitrogen and oxygen atoms in total. The molecule has 0 bridgehead atoms. The predicted octanol–water partition coefficient (Wildman–Crippen LogP) is 3.59. The molecular formula is C14H19N3. The van der Waals surface area contributed by atoms with Crippen LogP contribution in [0.3, 0.4) is 0 Å². The fourth-order valence-corrected chi connectivity index (χ4v) is 1.84. The molecule has 0 saturated heterocycles. The molecule has 0 fully saturated rings. The minimum Gasteiger partial charge on any atom is -0.263 e. The molecule has 1 heterocycles. The van der Waals surface area contributed by atoms with Crippen molar-refractivity contribution >= 4 is 0 Å². The van der Waals surface area contributed by atoms with Gasteiger partial charge < -0.3 is 0 Å². The van der Waals surface area contributed by atoms with E-state index < -0.39 is 0 Å². The molecular weight excluding hydrogens is 210 g/mol. The summed E-state index contributed by atoms with van der Waals surface area (Å²) in [7, 11) is 0. The standard InChI is InChI=1S/C14H19N3/c1-2-3-4-8-11-13-15-14(17-16-13)12-9-6-5-7-10-12/h5-7,9-10H,2-4,8,11H2,1H3,(H,15,16,17). The van der Waals surface area contributed by atoms with Crippen LogP contribution in [0.2, 0.25) is 0 Å². The predicted molar refractivity (Wildman–Crippen MR) is 69.7 cm³/mol. The fraction of sp³-hybridized carbons (Fsp3) is 0.429. The van der Waals surface area contributed by atoms with Crippen LogP contribution in [0.5, 0.6) is 0 Å². The SMILES string of the molecule is CCCCCCc1nc(-c2ccccc2)n[nH]1. The molecule has 2 rings (SSSR count). The number of aromatic nitrogens is 3. The summed E-state index contributed by atoms with van der Waals surface area (Å²) < 4.78 is 0. The maximum Gasteiger partial charge on any atom is 0.181 e. The fourth-order valence-electron chi connectivity index (χ4n) is 1.84. The van der Waals surface area contributed by atoms with Gasteiger partial charge in [0.1, 0.15) is 5.82 Å². The average Bonchev–Trinajstić information content (AvgIpc) is 2.85. The monoisotopic (exact) mass is 229 g/mol. The summed E-state index contributed by atoms with van der Waals surface area (Å²) in [5, 5.41) is 7.27. The van der Waals surface area contributed by atoms with Crippen LogP contribution in [-0.2, 0) is 6.42 Å². The summed E-state index contributed by atoms with van der Waals surface area (Å²) in [4.78, 5) is 4.51. The number of hydrogen-bond acceptors (Lipinski definition) is 2. The molecule has 1 N–H and O–H groups in total. The number of H-pyrrole nitrogens is 1. The van der Waals surface area contributed by atoms with E-state index in [1.807, 2.05) is 30.3 Å². The van der Waals surface area contributed by atoms with Crippen molar-refractivity contribution < 1.29 is 0 Å². The van der Waals surface area contributed by atoms with Crippen molar-refractivity contribution in [2.75, 3.05) is 0 Å². The molecule has 0 aliphatic heterocycles. The molecule has 17 heavy (non-hydrogen) atoms. The second-order valence-corrected chi connectivity index (χ2v) is 4.28. The number of benzene rings is 1. The lowest BCUT2D eigenvalue weighted by Crippen LogP contribution is -1.88. The highest BCUT2D eigenvalue weighted by molar-refractivity contribution is 5.53. The van der Waals surface area contributed by atoms with Crippen molar-refractivity contribution in [3.8, 4) is 11.4 Å². The van der Waals surface area contributed by atoms with E-state index in [2.05, 4.69) is 22.1 Å². The van der Waals surface area contributed by atoms with Gasteiger partial charge in [-0.15, -0.1) is 0 Å². The number of rotatable bonds is 6. The highest BCUT2D eigenvalue weighted by Crippen LogP contribution is 2.14. The van der Waals surface area contributed by atoms with Crippen LogP contribution >= 0.6 is 0 Å². The summed E-state index contributed by atoms with van der Waals surface area (Å²) in [6, 6.07) is 10.1. The summed E-state index contributed by atoms with van der Waals surface area (Å²) >= 11 is 0. The summed E-state index contributed by atoms with van der Waals surface area (Å²) in [6.07, 6.45) is 6.04. The Labute approximate surface area is 102 Å². The summed E-state index contributed by atoms with van der Waals surface area (Å²) in [5.41, 5.74) is 1.07. The van der Waals surface area contributed by atoms with Crippen molar-refractivity contribution in [2.24, 2.45) is 0 Å². The quantitative estimate of drug-likeness (QED) is 0.769. The first kappa shape index (κ1) is 11.8. The summed E-state index contributed by atoms with van der Waals surface area (Å²) in [6.45, 7) is 2.22. The Hall–Kier alpha value is -1.64. The highest BCUT2D eigenvalue weighted by Gasteiger charge is 2.04. The first-order valence-corrected chi connectivity index (χ1v) is 6.37. The third-order valence-corrected chi connectivity index (χ3v) is 2.83. The van der Waals surface area contributed by atoms with E-state index in [9.17, 15) is 0 Å². The number of nitrogens with one attached hydrogen (secondary N) is 1. The number of aryl methyl sites for hydroxylation is 1. The zero-order chi connectivity index (χ0) is 11.9. The molecule has 0 spiro atoms. The van der Waals surface area contributed by atoms with E-state index in [0.717, 1.165) is 23.6 Å². The molecule has 0 radical (unpaired) electrons. The lowest BCUT2D eigenvalue weighted by atomic mass is 10.1. The van der Waals surface area contributed by atoms with Gasteiger partial charge in [-0.25, -0.2) is 4.98 Å². The summed E-state index contributed by atoms with van der Waals surface area (Å²) in [5.74, 6) is 1.80. The van der Waals surface area contributed by atoms with Gasteiger partial charge in [-0.3, -0.25) is 5.10 Å². The van der Waals surface area contributed by atoms with E-state index in [1.165, 1.54) is 25.7 Å². The van der Waals surface area contributed by atoms with Crippen LogP contribution in [-0.4, -0.2) is 15.2 Å². The Balaban J connectivity index is 1.92. The molecule has 0 amide bonds. The maximum atomic E-state index is 4.51. The molecule has 1 aromatic heterocycles. The molecule has 0 saturated carbocycles. The smallest absolute Gasteiger partial charge is 0.181 e. The third kappa shape index (κ3) is 3.41. The van der Waals surface area contributed by atoms with Crippen molar-refractivity contribution in [3.05, 3.63) is 36.2 Å². The van der Waals surface area contributed by atoms with Gasteiger partial charge in [-0.2, -0.15) is 5.10 Å². The normalized spacial score (nSPS) is 10.6. The van der Waals surface area contributed by atoms with Gasteiger partial charge in [-0.05, 0) is 6.42 Å². The minimum absolute atomic E-state index is 0.802. The average molecular weight is 229 g/mol. The first-order valence-electron chi connectivity index (χ1n) is 6.37. The van der Waals surface area contributed by atoms with Gasteiger partial charge in [0.05, 0.1) is 0 Å². The number of hydrogen-bond donors (Lipinski definition) is 1. The molecule has 0 aliphatic carbocycles. The van der Waals surface area contributed by atoms with Crippen molar-refractivity contribution in [3.63, 3.8) is 0 Å². The van der Waals surface area contributed by atoms with Crippen LogP contribution in [0.15, 0.2) is 30.3 Å². The van der Waals surface area contributed by atoms with E-state index in [4.69, 9.17) is 0 Å². The lowest BCUT2D eigenvalue weighted by Gasteiger charge is -1.95. The number of aromatic amines is 1. The molecule has 90 valence electrons. The minimum atomic E-state index is 0.802. The molecule has 1 aromatic carbocycles. The Morgan fingerprint density at radius 2 is 1.88 bits per heavy atom. The van der Waals surface area contributed by atoms with Crippen LogP contribution < -0.4 is 0 Å². The van der Waals surface area contributed by atoms with Crippen molar-refractivity contribution in [2.45, 2.75) is 39.0 Å². The molecule has 0 unspecified atom stereocenters. The lowest BCUT2D eigenvalue weighted by molar-refractivity contribution is 0.653. The topological polar surface area (TPSA) is 41.6 Å². The van der Waals surface area contributed by atoms with Crippen LogP contribution in [0.1, 0.15) is 38.4 Å². The highest BCUT2D eigenvalue weighted by atomic mass is 15.2. The maximum absolute atomic E-state index is 4.51. The van der Waals surface area contributed by atoms with Gasteiger partial charge in [0, 0.05) is 12.0 Å². The molecule has 2 aromatic rings. The molecule has 0 atom stereocenters. The van der Waals surface area contributed by atoms with Crippen molar-refractivity contribution in [1.29, 1.82) is 0 Å². The van der Waals surface area contributed by atoms with E-state index >= 15 is 0 Å². The second-order valence-electron chi connectivity index (χ2n) is 4.28. The Morgan fingerprint density at radius 1 is 1.06 bits per heavy atom. The van der Waals surface area contributed by atoms with Gasteiger partial charge in [0.25, 0.3) is 0 Å². The zero-order valence-electron chi connectivity index (χ0n) is 10.3. The number of unbranched alkanes of at least 4 members (excludes halogenated alkanes) is 3. The van der Waals surface area contributed by atoms with E-state index in [0.29, 0.717) is 0 Å². The molecule has 3 heteroatoms. The Bertz CT molecular complexity index is 434. The van der Waals surface area contributed by atoms with E-state index in [-0.39, 0.29) is 0 Å². The van der Waals surface area contributed by atoms with Gasteiger partial charge in [0.2, 0.25) is 0 Å².